The van der Waals surface area contributed by atoms with Crippen molar-refractivity contribution in [3.8, 4) is 0 Å². The standard InChI is InChI=1S/C20H38N8O7/c1-9(2)14(27-16(31)11(21)5-4-8-25-20(23)24)18(33)26-12(6-7-13(22)30)17(32)28-15(10(3)29)19(34)35/h9-12,14-15,29H,4-8,21H2,1-3H3,(H2,22,30)(H,26,33)(H,27,31)(H,28,32)(H,34,35)(H4,23,24,25). The van der Waals surface area contributed by atoms with Gasteiger partial charge >= 0.3 is 5.97 Å². The molecule has 0 aromatic rings. The Balaban J connectivity index is 5.37. The quantitative estimate of drug-likeness (QED) is 0.0563. The maximum atomic E-state index is 12.9. The Kier molecular flexibility index (Phi) is 13.9. The lowest BCUT2D eigenvalue weighted by Crippen LogP contribution is -2.59. The lowest BCUT2D eigenvalue weighted by atomic mass is 10.0. The third kappa shape index (κ3) is 12.5. The number of hydrogen-bond donors (Lipinski definition) is 9. The second kappa shape index (κ2) is 15.4. The molecule has 0 aliphatic rings. The number of nitrogens with two attached hydrogens (primary N) is 4. The minimum absolute atomic E-state index is 0.0855. The molecule has 0 aliphatic heterocycles. The van der Waals surface area contributed by atoms with Crippen LogP contribution in [0.2, 0.25) is 0 Å². The van der Waals surface area contributed by atoms with Crippen LogP contribution in [0.3, 0.4) is 0 Å². The average Bonchev–Trinajstić information content (AvgIpc) is 2.74. The summed E-state index contributed by atoms with van der Waals surface area (Å²) < 4.78 is 0. The molecular weight excluding hydrogens is 464 g/mol. The van der Waals surface area contributed by atoms with Crippen LogP contribution in [0.5, 0.6) is 0 Å². The van der Waals surface area contributed by atoms with Crippen molar-refractivity contribution in [2.45, 2.75) is 76.7 Å². The van der Waals surface area contributed by atoms with E-state index in [2.05, 4.69) is 20.9 Å². The molecule has 0 aromatic carbocycles. The summed E-state index contributed by atoms with van der Waals surface area (Å²) in [6.07, 6.45) is -1.28. The number of amides is 4. The highest BCUT2D eigenvalue weighted by molar-refractivity contribution is 5.94. The van der Waals surface area contributed by atoms with Crippen LogP contribution in [0.15, 0.2) is 4.99 Å². The van der Waals surface area contributed by atoms with Crippen LogP contribution in [0.4, 0.5) is 0 Å². The Labute approximate surface area is 203 Å². The van der Waals surface area contributed by atoms with Gasteiger partial charge in [-0.2, -0.15) is 0 Å². The van der Waals surface area contributed by atoms with Gasteiger partial charge in [0.05, 0.1) is 12.1 Å². The van der Waals surface area contributed by atoms with Crippen molar-refractivity contribution in [3.63, 3.8) is 0 Å². The molecule has 5 unspecified atom stereocenters. The third-order valence-corrected chi connectivity index (χ3v) is 4.91. The van der Waals surface area contributed by atoms with Crippen molar-refractivity contribution < 1.29 is 34.2 Å². The Hall–Kier alpha value is -3.46. The van der Waals surface area contributed by atoms with Crippen LogP contribution in [0, 0.1) is 5.92 Å². The summed E-state index contributed by atoms with van der Waals surface area (Å²) in [5, 5.41) is 25.8. The summed E-state index contributed by atoms with van der Waals surface area (Å²) in [6.45, 7) is 4.75. The number of carboxylic acids is 1. The van der Waals surface area contributed by atoms with Crippen LogP contribution in [-0.2, 0) is 24.0 Å². The number of rotatable bonds is 16. The van der Waals surface area contributed by atoms with Crippen LogP contribution in [0.25, 0.3) is 0 Å². The molecule has 0 aromatic heterocycles. The zero-order chi connectivity index (χ0) is 27.3. The highest BCUT2D eigenvalue weighted by Crippen LogP contribution is 2.07. The van der Waals surface area contributed by atoms with E-state index in [0.29, 0.717) is 6.42 Å². The zero-order valence-electron chi connectivity index (χ0n) is 20.2. The van der Waals surface area contributed by atoms with Gasteiger partial charge in [-0.3, -0.25) is 24.2 Å². The predicted molar refractivity (Wildman–Crippen MR) is 126 cm³/mol. The van der Waals surface area contributed by atoms with Crippen LogP contribution < -0.4 is 38.9 Å². The van der Waals surface area contributed by atoms with E-state index in [9.17, 15) is 34.2 Å². The van der Waals surface area contributed by atoms with Gasteiger partial charge in [0.1, 0.15) is 12.1 Å². The van der Waals surface area contributed by atoms with Gasteiger partial charge in [0, 0.05) is 13.0 Å². The summed E-state index contributed by atoms with van der Waals surface area (Å²) in [5.41, 5.74) is 21.5. The van der Waals surface area contributed by atoms with E-state index in [1.54, 1.807) is 13.8 Å². The molecule has 0 rings (SSSR count). The second-order valence-electron chi connectivity index (χ2n) is 8.42. The molecule has 13 N–H and O–H groups in total. The number of nitrogens with one attached hydrogen (secondary N) is 3. The first kappa shape index (κ1) is 31.5. The monoisotopic (exact) mass is 502 g/mol. The number of carboxylic acid groups (broad SMARTS) is 1. The second-order valence-corrected chi connectivity index (χ2v) is 8.42. The topological polar surface area (TPSA) is 278 Å². The molecule has 0 fully saturated rings. The van der Waals surface area contributed by atoms with E-state index in [-0.39, 0.29) is 31.8 Å². The number of aliphatic imine (C=N–C) groups is 1. The van der Waals surface area contributed by atoms with Gasteiger partial charge in [-0.25, -0.2) is 4.79 Å². The first-order valence-electron chi connectivity index (χ1n) is 11.1. The van der Waals surface area contributed by atoms with E-state index < -0.39 is 65.8 Å². The number of aliphatic hydroxyl groups is 1. The van der Waals surface area contributed by atoms with Crippen LogP contribution in [-0.4, -0.2) is 82.6 Å². The summed E-state index contributed by atoms with van der Waals surface area (Å²) in [4.78, 5) is 64.3. The SMILES string of the molecule is CC(C)C(NC(=O)C(N)CCCN=C(N)N)C(=O)NC(CCC(N)=O)C(=O)NC(C(=O)O)C(C)O. The maximum Gasteiger partial charge on any atom is 0.328 e. The van der Waals surface area contributed by atoms with Gasteiger partial charge in [-0.15, -0.1) is 0 Å². The lowest BCUT2D eigenvalue weighted by Gasteiger charge is -2.27. The first-order valence-corrected chi connectivity index (χ1v) is 11.1. The average molecular weight is 503 g/mol. The lowest BCUT2D eigenvalue weighted by molar-refractivity contribution is -0.145. The number of hydrogen-bond acceptors (Lipinski definition) is 8. The minimum atomic E-state index is -1.65. The van der Waals surface area contributed by atoms with E-state index in [0.717, 1.165) is 0 Å². The minimum Gasteiger partial charge on any atom is -0.480 e. The molecule has 200 valence electrons. The zero-order valence-corrected chi connectivity index (χ0v) is 20.2. The Bertz CT molecular complexity index is 783. The highest BCUT2D eigenvalue weighted by atomic mass is 16.4. The van der Waals surface area contributed by atoms with Crippen molar-refractivity contribution >= 4 is 35.6 Å². The largest absolute Gasteiger partial charge is 0.480 e. The van der Waals surface area contributed by atoms with E-state index in [1.165, 1.54) is 6.92 Å². The fraction of sp³-hybridized carbons (Fsp3) is 0.700. The molecule has 0 heterocycles. The molecule has 0 bridgehead atoms. The van der Waals surface area contributed by atoms with Gasteiger partial charge in [0.2, 0.25) is 23.6 Å². The van der Waals surface area contributed by atoms with Crippen molar-refractivity contribution in [3.05, 3.63) is 0 Å². The molecule has 5 atom stereocenters. The van der Waals surface area contributed by atoms with Gasteiger partial charge < -0.3 is 49.1 Å². The summed E-state index contributed by atoms with van der Waals surface area (Å²) >= 11 is 0. The normalized spacial score (nSPS) is 15.1. The molecule has 35 heavy (non-hydrogen) atoms. The number of nitrogens with zero attached hydrogens (tertiary/aromatic N) is 1. The van der Waals surface area contributed by atoms with Gasteiger partial charge in [-0.1, -0.05) is 13.8 Å². The number of aliphatic hydroxyl groups excluding tert-OH is 1. The molecule has 0 spiro atoms. The molecule has 0 aliphatic carbocycles. The smallest absolute Gasteiger partial charge is 0.328 e. The fourth-order valence-corrected chi connectivity index (χ4v) is 2.91. The first-order chi connectivity index (χ1) is 16.2. The summed E-state index contributed by atoms with van der Waals surface area (Å²) in [5.74, 6) is -5.05. The van der Waals surface area contributed by atoms with Crippen molar-refractivity contribution in [2.75, 3.05) is 6.54 Å². The Morgan fingerprint density at radius 2 is 1.43 bits per heavy atom. The number of guanidine groups is 1. The molecule has 15 nitrogen and oxygen atoms in total. The molecule has 0 saturated carbocycles. The van der Waals surface area contributed by atoms with Gasteiger partial charge in [0.15, 0.2) is 12.0 Å². The molecule has 0 saturated heterocycles. The number of carbonyl (C=O) groups excluding carboxylic acids is 4. The predicted octanol–water partition coefficient (Wildman–Crippen LogP) is -3.79. The van der Waals surface area contributed by atoms with Crippen LogP contribution >= 0.6 is 0 Å². The molecule has 4 amide bonds. The van der Waals surface area contributed by atoms with Crippen molar-refractivity contribution in [1.82, 2.24) is 16.0 Å². The third-order valence-electron chi connectivity index (χ3n) is 4.91. The molecule has 0 radical (unpaired) electrons. The van der Waals surface area contributed by atoms with Crippen molar-refractivity contribution in [2.24, 2.45) is 33.8 Å². The van der Waals surface area contributed by atoms with E-state index in [4.69, 9.17) is 22.9 Å². The summed E-state index contributed by atoms with van der Waals surface area (Å²) in [7, 11) is 0. The van der Waals surface area contributed by atoms with E-state index in [1.807, 2.05) is 0 Å². The fourth-order valence-electron chi connectivity index (χ4n) is 2.91. The van der Waals surface area contributed by atoms with E-state index >= 15 is 0 Å². The number of primary amides is 1. The molecule has 15 heteroatoms. The highest BCUT2D eigenvalue weighted by Gasteiger charge is 2.32. The van der Waals surface area contributed by atoms with Gasteiger partial charge in [-0.05, 0) is 32.1 Å². The summed E-state index contributed by atoms with van der Waals surface area (Å²) in [6, 6.07) is -5.05. The number of carbonyl (C=O) groups is 5. The van der Waals surface area contributed by atoms with Gasteiger partial charge in [0.25, 0.3) is 0 Å². The Morgan fingerprint density at radius 1 is 0.857 bits per heavy atom. The number of aliphatic carboxylic acids is 1. The molecular formula is C20H38N8O7. The Morgan fingerprint density at radius 3 is 1.89 bits per heavy atom. The van der Waals surface area contributed by atoms with Crippen molar-refractivity contribution in [1.29, 1.82) is 0 Å². The van der Waals surface area contributed by atoms with Crippen LogP contribution in [0.1, 0.15) is 46.5 Å². The maximum absolute atomic E-state index is 12.9.